The molecule has 0 fully saturated rings. The average molecular weight is 277 g/mol. The third kappa shape index (κ3) is 5.40. The molecule has 0 aliphatic heterocycles. The van der Waals surface area contributed by atoms with Crippen molar-refractivity contribution in [2.24, 2.45) is 17.4 Å². The van der Waals surface area contributed by atoms with Gasteiger partial charge in [-0.15, -0.1) is 0 Å². The fourth-order valence-electron chi connectivity index (χ4n) is 1.96. The fraction of sp³-hybridized carbons (Fsp3) is 0.467. The van der Waals surface area contributed by atoms with Crippen molar-refractivity contribution in [2.75, 3.05) is 0 Å². The number of hydrogen-bond donors (Lipinski definition) is 3. The maximum absolute atomic E-state index is 12.0. The molecule has 0 spiro atoms. The van der Waals surface area contributed by atoms with E-state index in [9.17, 15) is 9.59 Å². The van der Waals surface area contributed by atoms with Crippen LogP contribution < -0.4 is 16.8 Å². The minimum absolute atomic E-state index is 0.262. The molecule has 20 heavy (non-hydrogen) atoms. The number of nitrogens with two attached hydrogens (primary N) is 2. The van der Waals surface area contributed by atoms with Gasteiger partial charge in [0.1, 0.15) is 6.04 Å². The Labute approximate surface area is 119 Å². The average Bonchev–Trinajstić information content (AvgIpc) is 2.38. The maximum Gasteiger partial charge on any atom is 0.240 e. The van der Waals surface area contributed by atoms with E-state index in [2.05, 4.69) is 5.32 Å². The van der Waals surface area contributed by atoms with E-state index in [1.54, 1.807) is 0 Å². The molecule has 0 aromatic heterocycles. The van der Waals surface area contributed by atoms with Crippen molar-refractivity contribution < 1.29 is 9.59 Å². The Morgan fingerprint density at radius 3 is 2.30 bits per heavy atom. The number of hydrogen-bond acceptors (Lipinski definition) is 3. The van der Waals surface area contributed by atoms with Gasteiger partial charge in [0, 0.05) is 0 Å². The second-order valence-corrected chi connectivity index (χ2v) is 5.39. The van der Waals surface area contributed by atoms with Crippen LogP contribution in [-0.2, 0) is 16.0 Å². The molecule has 0 saturated carbocycles. The van der Waals surface area contributed by atoms with Crippen LogP contribution in [-0.4, -0.2) is 23.9 Å². The topological polar surface area (TPSA) is 98.2 Å². The lowest BCUT2D eigenvalue weighted by molar-refractivity contribution is -0.128. The third-order valence-electron chi connectivity index (χ3n) is 3.00. The summed E-state index contributed by atoms with van der Waals surface area (Å²) in [5.41, 5.74) is 12.1. The van der Waals surface area contributed by atoms with Crippen LogP contribution in [0.25, 0.3) is 0 Å². The monoisotopic (exact) mass is 277 g/mol. The molecule has 2 amide bonds. The van der Waals surface area contributed by atoms with Crippen molar-refractivity contribution in [1.82, 2.24) is 5.32 Å². The first-order valence-electron chi connectivity index (χ1n) is 6.79. The zero-order valence-corrected chi connectivity index (χ0v) is 12.0. The molecular formula is C15H23N3O2. The van der Waals surface area contributed by atoms with Crippen molar-refractivity contribution in [3.63, 3.8) is 0 Å². The van der Waals surface area contributed by atoms with Crippen LogP contribution in [0.3, 0.4) is 0 Å². The van der Waals surface area contributed by atoms with Gasteiger partial charge in [-0.2, -0.15) is 0 Å². The molecule has 0 bridgehead atoms. The number of carbonyl (C=O) groups is 2. The Morgan fingerprint density at radius 1 is 1.20 bits per heavy atom. The highest BCUT2D eigenvalue weighted by Gasteiger charge is 2.22. The fourth-order valence-corrected chi connectivity index (χ4v) is 1.96. The third-order valence-corrected chi connectivity index (χ3v) is 3.00. The molecule has 1 unspecified atom stereocenters. The summed E-state index contributed by atoms with van der Waals surface area (Å²) in [6.07, 6.45) is 0.943. The summed E-state index contributed by atoms with van der Waals surface area (Å²) in [5, 5.41) is 2.63. The van der Waals surface area contributed by atoms with Crippen LogP contribution >= 0.6 is 0 Å². The van der Waals surface area contributed by atoms with Gasteiger partial charge in [-0.25, -0.2) is 0 Å². The Morgan fingerprint density at radius 2 is 1.80 bits per heavy atom. The Kier molecular flexibility index (Phi) is 6.18. The molecule has 1 aromatic rings. The van der Waals surface area contributed by atoms with E-state index in [4.69, 9.17) is 11.5 Å². The molecule has 2 atom stereocenters. The van der Waals surface area contributed by atoms with E-state index in [0.717, 1.165) is 5.56 Å². The molecule has 1 rings (SSSR count). The van der Waals surface area contributed by atoms with E-state index in [-0.39, 0.29) is 11.8 Å². The van der Waals surface area contributed by atoms with Gasteiger partial charge in [0.2, 0.25) is 11.8 Å². The van der Waals surface area contributed by atoms with E-state index in [1.165, 1.54) is 0 Å². The standard InChI is InChI=1S/C15H23N3O2/c1-10(2)8-13(14(17)19)18-15(20)12(16)9-11-6-4-3-5-7-11/h3-7,10,12-13H,8-9,16H2,1-2H3,(H2,17,19)(H,18,20)/t12-,13?/m1/s1. The van der Waals surface area contributed by atoms with Crippen LogP contribution in [0.5, 0.6) is 0 Å². The van der Waals surface area contributed by atoms with Crippen molar-refractivity contribution in [1.29, 1.82) is 0 Å². The lowest BCUT2D eigenvalue weighted by Gasteiger charge is -2.20. The number of benzene rings is 1. The van der Waals surface area contributed by atoms with Gasteiger partial charge in [0.25, 0.3) is 0 Å². The largest absolute Gasteiger partial charge is 0.368 e. The van der Waals surface area contributed by atoms with Crippen LogP contribution in [0.4, 0.5) is 0 Å². The van der Waals surface area contributed by atoms with Crippen LogP contribution in [0.15, 0.2) is 30.3 Å². The summed E-state index contributed by atoms with van der Waals surface area (Å²) in [6, 6.07) is 8.16. The second kappa shape index (κ2) is 7.65. The summed E-state index contributed by atoms with van der Waals surface area (Å²) in [4.78, 5) is 23.3. The highest BCUT2D eigenvalue weighted by Crippen LogP contribution is 2.06. The van der Waals surface area contributed by atoms with E-state index in [1.807, 2.05) is 44.2 Å². The van der Waals surface area contributed by atoms with Crippen molar-refractivity contribution >= 4 is 11.8 Å². The SMILES string of the molecule is CC(C)CC(NC(=O)[C@H](N)Cc1ccccc1)C(N)=O. The summed E-state index contributed by atoms with van der Waals surface area (Å²) >= 11 is 0. The predicted molar refractivity (Wildman–Crippen MR) is 78.7 cm³/mol. The number of primary amides is 1. The normalized spacial score (nSPS) is 13.8. The van der Waals surface area contributed by atoms with Gasteiger partial charge in [-0.1, -0.05) is 44.2 Å². The Hall–Kier alpha value is -1.88. The van der Waals surface area contributed by atoms with Crippen LogP contribution in [0.2, 0.25) is 0 Å². The first kappa shape index (κ1) is 16.2. The zero-order chi connectivity index (χ0) is 15.1. The predicted octanol–water partition coefficient (Wildman–Crippen LogP) is 0.573. The molecule has 0 saturated heterocycles. The van der Waals surface area contributed by atoms with E-state index >= 15 is 0 Å². The number of carbonyl (C=O) groups excluding carboxylic acids is 2. The number of amides is 2. The molecule has 110 valence electrons. The lowest BCUT2D eigenvalue weighted by Crippen LogP contribution is -2.51. The van der Waals surface area contributed by atoms with Gasteiger partial charge >= 0.3 is 0 Å². The van der Waals surface area contributed by atoms with Gasteiger partial charge in [-0.05, 0) is 24.3 Å². The Balaban J connectivity index is 2.57. The van der Waals surface area contributed by atoms with E-state index < -0.39 is 18.0 Å². The molecule has 5 nitrogen and oxygen atoms in total. The second-order valence-electron chi connectivity index (χ2n) is 5.39. The molecule has 0 aliphatic rings. The number of rotatable bonds is 7. The lowest BCUT2D eigenvalue weighted by atomic mass is 10.0. The van der Waals surface area contributed by atoms with Gasteiger partial charge in [0.15, 0.2) is 0 Å². The molecule has 5 heteroatoms. The molecule has 0 aliphatic carbocycles. The molecule has 0 heterocycles. The minimum Gasteiger partial charge on any atom is -0.368 e. The van der Waals surface area contributed by atoms with Gasteiger partial charge in [-0.3, -0.25) is 9.59 Å². The van der Waals surface area contributed by atoms with Crippen molar-refractivity contribution in [2.45, 2.75) is 38.8 Å². The quantitative estimate of drug-likeness (QED) is 0.679. The minimum atomic E-state index is -0.689. The van der Waals surface area contributed by atoms with E-state index in [0.29, 0.717) is 12.8 Å². The maximum atomic E-state index is 12.0. The first-order valence-corrected chi connectivity index (χ1v) is 6.79. The molecule has 5 N–H and O–H groups in total. The number of nitrogens with one attached hydrogen (secondary N) is 1. The van der Waals surface area contributed by atoms with Crippen LogP contribution in [0.1, 0.15) is 25.8 Å². The summed E-state index contributed by atoms with van der Waals surface area (Å²) in [5.74, 6) is -0.615. The van der Waals surface area contributed by atoms with Crippen molar-refractivity contribution in [3.8, 4) is 0 Å². The molecule has 1 aromatic carbocycles. The Bertz CT molecular complexity index is 446. The summed E-state index contributed by atoms with van der Waals surface area (Å²) in [6.45, 7) is 3.93. The summed E-state index contributed by atoms with van der Waals surface area (Å²) in [7, 11) is 0. The van der Waals surface area contributed by atoms with Gasteiger partial charge in [0.05, 0.1) is 6.04 Å². The molecular weight excluding hydrogens is 254 g/mol. The zero-order valence-electron chi connectivity index (χ0n) is 12.0. The highest BCUT2D eigenvalue weighted by atomic mass is 16.2. The highest BCUT2D eigenvalue weighted by molar-refractivity contribution is 5.89. The first-order chi connectivity index (χ1) is 9.40. The smallest absolute Gasteiger partial charge is 0.240 e. The van der Waals surface area contributed by atoms with Crippen molar-refractivity contribution in [3.05, 3.63) is 35.9 Å². The van der Waals surface area contributed by atoms with Crippen LogP contribution in [0, 0.1) is 5.92 Å². The molecule has 0 radical (unpaired) electrons. The van der Waals surface area contributed by atoms with Gasteiger partial charge < -0.3 is 16.8 Å². The summed E-state index contributed by atoms with van der Waals surface area (Å²) < 4.78 is 0.